The first-order valence-corrected chi connectivity index (χ1v) is 7.11. The molecular weight excluding hydrogens is 256 g/mol. The van der Waals surface area contributed by atoms with E-state index in [1.807, 2.05) is 6.92 Å². The highest BCUT2D eigenvalue weighted by molar-refractivity contribution is 5.94. The summed E-state index contributed by atoms with van der Waals surface area (Å²) in [6, 6.07) is 1.78. The summed E-state index contributed by atoms with van der Waals surface area (Å²) in [6.45, 7) is 4.30. The zero-order valence-electron chi connectivity index (χ0n) is 12.0. The summed E-state index contributed by atoms with van der Waals surface area (Å²) in [5.41, 5.74) is 1.77. The van der Waals surface area contributed by atoms with Gasteiger partial charge in [0.2, 0.25) is 0 Å². The maximum atomic E-state index is 11.3. The molecule has 0 amide bonds. The van der Waals surface area contributed by atoms with Crippen LogP contribution in [-0.2, 0) is 0 Å². The van der Waals surface area contributed by atoms with Crippen molar-refractivity contribution in [2.24, 2.45) is 5.92 Å². The molecule has 5 heteroatoms. The SMILES string of the molecule is Cc1cc(C)c(C(=O)O)c(NCC2CCCC(O)C2)n1. The topological polar surface area (TPSA) is 82.5 Å². The summed E-state index contributed by atoms with van der Waals surface area (Å²) in [5, 5.41) is 22.1. The maximum Gasteiger partial charge on any atom is 0.339 e. The van der Waals surface area contributed by atoms with Crippen molar-refractivity contribution >= 4 is 11.8 Å². The largest absolute Gasteiger partial charge is 0.478 e. The zero-order valence-corrected chi connectivity index (χ0v) is 12.0. The molecule has 3 N–H and O–H groups in total. The van der Waals surface area contributed by atoms with Gasteiger partial charge in [-0.05, 0) is 50.7 Å². The lowest BCUT2D eigenvalue weighted by Gasteiger charge is -2.26. The van der Waals surface area contributed by atoms with Crippen LogP contribution in [0, 0.1) is 19.8 Å². The first-order valence-electron chi connectivity index (χ1n) is 7.11. The average molecular weight is 278 g/mol. The van der Waals surface area contributed by atoms with E-state index in [-0.39, 0.29) is 11.7 Å². The van der Waals surface area contributed by atoms with Crippen LogP contribution in [0.4, 0.5) is 5.82 Å². The third-order valence-corrected chi connectivity index (χ3v) is 3.87. The fourth-order valence-corrected chi connectivity index (χ4v) is 2.92. The minimum atomic E-state index is -0.957. The molecule has 20 heavy (non-hydrogen) atoms. The van der Waals surface area contributed by atoms with Gasteiger partial charge in [0.15, 0.2) is 0 Å². The number of rotatable bonds is 4. The van der Waals surface area contributed by atoms with Crippen LogP contribution in [0.5, 0.6) is 0 Å². The molecule has 1 saturated carbocycles. The molecular formula is C15H22N2O3. The standard InChI is InChI=1S/C15H22N2O3/c1-9-6-10(2)17-14(13(9)15(19)20)16-8-11-4-3-5-12(18)7-11/h6,11-12,18H,3-5,7-8H2,1-2H3,(H,16,17)(H,19,20). The highest BCUT2D eigenvalue weighted by atomic mass is 16.4. The number of carbonyl (C=O) groups is 1. The molecule has 0 radical (unpaired) electrons. The summed E-state index contributed by atoms with van der Waals surface area (Å²) in [4.78, 5) is 15.6. The Hall–Kier alpha value is -1.62. The van der Waals surface area contributed by atoms with Crippen LogP contribution in [0.2, 0.25) is 0 Å². The molecule has 2 unspecified atom stereocenters. The van der Waals surface area contributed by atoms with E-state index in [2.05, 4.69) is 10.3 Å². The fraction of sp³-hybridized carbons (Fsp3) is 0.600. The molecule has 1 heterocycles. The summed E-state index contributed by atoms with van der Waals surface area (Å²) >= 11 is 0. The Morgan fingerprint density at radius 2 is 2.20 bits per heavy atom. The fourth-order valence-electron chi connectivity index (χ4n) is 2.92. The van der Waals surface area contributed by atoms with Gasteiger partial charge in [0, 0.05) is 12.2 Å². The number of nitrogens with one attached hydrogen (secondary N) is 1. The summed E-state index contributed by atoms with van der Waals surface area (Å²) in [5.74, 6) is -0.140. The van der Waals surface area contributed by atoms with Gasteiger partial charge in [-0.25, -0.2) is 9.78 Å². The molecule has 0 bridgehead atoms. The predicted molar refractivity (Wildman–Crippen MR) is 77.1 cm³/mol. The van der Waals surface area contributed by atoms with Crippen molar-refractivity contribution in [1.29, 1.82) is 0 Å². The average Bonchev–Trinajstić information content (AvgIpc) is 2.35. The van der Waals surface area contributed by atoms with Crippen molar-refractivity contribution in [2.75, 3.05) is 11.9 Å². The van der Waals surface area contributed by atoms with Gasteiger partial charge in [-0.1, -0.05) is 6.42 Å². The molecule has 1 fully saturated rings. The highest BCUT2D eigenvalue weighted by Gasteiger charge is 2.21. The summed E-state index contributed by atoms with van der Waals surface area (Å²) in [6.07, 6.45) is 3.53. The quantitative estimate of drug-likeness (QED) is 0.787. The van der Waals surface area contributed by atoms with Crippen molar-refractivity contribution in [3.8, 4) is 0 Å². The number of aromatic carboxylic acids is 1. The number of carboxylic acids is 1. The van der Waals surface area contributed by atoms with Gasteiger partial charge in [0.1, 0.15) is 11.4 Å². The second-order valence-corrected chi connectivity index (χ2v) is 5.68. The number of aliphatic hydroxyl groups excluding tert-OH is 1. The Morgan fingerprint density at radius 1 is 1.45 bits per heavy atom. The molecule has 0 spiro atoms. The summed E-state index contributed by atoms with van der Waals surface area (Å²) in [7, 11) is 0. The molecule has 5 nitrogen and oxygen atoms in total. The van der Waals surface area contributed by atoms with Crippen LogP contribution in [0.1, 0.15) is 47.3 Å². The van der Waals surface area contributed by atoms with E-state index in [0.717, 1.165) is 36.9 Å². The highest BCUT2D eigenvalue weighted by Crippen LogP contribution is 2.25. The number of pyridine rings is 1. The second kappa shape index (κ2) is 6.22. The van der Waals surface area contributed by atoms with Gasteiger partial charge in [0.05, 0.1) is 6.10 Å². The Balaban J connectivity index is 2.10. The molecule has 1 aliphatic carbocycles. The Morgan fingerprint density at radius 3 is 2.85 bits per heavy atom. The van der Waals surface area contributed by atoms with Crippen molar-refractivity contribution < 1.29 is 15.0 Å². The van der Waals surface area contributed by atoms with Crippen LogP contribution in [0.25, 0.3) is 0 Å². The number of hydrogen-bond donors (Lipinski definition) is 3. The van der Waals surface area contributed by atoms with Crippen LogP contribution < -0.4 is 5.32 Å². The molecule has 0 saturated heterocycles. The maximum absolute atomic E-state index is 11.3. The van der Waals surface area contributed by atoms with E-state index in [1.54, 1.807) is 13.0 Å². The van der Waals surface area contributed by atoms with Crippen LogP contribution >= 0.6 is 0 Å². The number of aromatic nitrogens is 1. The minimum absolute atomic E-state index is 0.221. The molecule has 0 aliphatic heterocycles. The van der Waals surface area contributed by atoms with Crippen LogP contribution in [-0.4, -0.2) is 33.8 Å². The normalized spacial score (nSPS) is 22.6. The Labute approximate surface area is 119 Å². The molecule has 1 aliphatic rings. The van der Waals surface area contributed by atoms with Crippen molar-refractivity contribution in [1.82, 2.24) is 4.98 Å². The number of aliphatic hydroxyl groups is 1. The van der Waals surface area contributed by atoms with Gasteiger partial charge in [-0.2, -0.15) is 0 Å². The third-order valence-electron chi connectivity index (χ3n) is 3.87. The number of aryl methyl sites for hydroxylation is 2. The van der Waals surface area contributed by atoms with Crippen LogP contribution in [0.15, 0.2) is 6.07 Å². The smallest absolute Gasteiger partial charge is 0.339 e. The number of nitrogens with zero attached hydrogens (tertiary/aromatic N) is 1. The molecule has 1 aromatic rings. The van der Waals surface area contributed by atoms with Crippen molar-refractivity contribution in [3.63, 3.8) is 0 Å². The third kappa shape index (κ3) is 3.48. The molecule has 1 aromatic heterocycles. The number of hydrogen-bond acceptors (Lipinski definition) is 4. The lowest BCUT2D eigenvalue weighted by molar-refractivity contribution is 0.0696. The lowest BCUT2D eigenvalue weighted by atomic mass is 9.87. The molecule has 0 aromatic carbocycles. The first kappa shape index (κ1) is 14.8. The number of carboxylic acid groups (broad SMARTS) is 1. The molecule has 110 valence electrons. The van der Waals surface area contributed by atoms with Gasteiger partial charge in [-0.3, -0.25) is 0 Å². The van der Waals surface area contributed by atoms with E-state index < -0.39 is 5.97 Å². The molecule has 2 atom stereocenters. The second-order valence-electron chi connectivity index (χ2n) is 5.68. The van der Waals surface area contributed by atoms with E-state index in [4.69, 9.17) is 0 Å². The van der Waals surface area contributed by atoms with Gasteiger partial charge in [-0.15, -0.1) is 0 Å². The van der Waals surface area contributed by atoms with E-state index in [1.165, 1.54) is 0 Å². The lowest BCUT2D eigenvalue weighted by Crippen LogP contribution is -2.26. The number of anilines is 1. The van der Waals surface area contributed by atoms with Crippen molar-refractivity contribution in [2.45, 2.75) is 45.6 Å². The minimum Gasteiger partial charge on any atom is -0.478 e. The van der Waals surface area contributed by atoms with Crippen LogP contribution in [0.3, 0.4) is 0 Å². The monoisotopic (exact) mass is 278 g/mol. The van der Waals surface area contributed by atoms with Gasteiger partial charge in [0.25, 0.3) is 0 Å². The predicted octanol–water partition coefficient (Wildman–Crippen LogP) is 2.36. The van der Waals surface area contributed by atoms with Gasteiger partial charge >= 0.3 is 5.97 Å². The van der Waals surface area contributed by atoms with Crippen molar-refractivity contribution in [3.05, 3.63) is 22.9 Å². The first-order chi connectivity index (χ1) is 9.47. The summed E-state index contributed by atoms with van der Waals surface area (Å²) < 4.78 is 0. The van der Waals surface area contributed by atoms with E-state index >= 15 is 0 Å². The Bertz CT molecular complexity index is 502. The van der Waals surface area contributed by atoms with E-state index in [9.17, 15) is 15.0 Å². The molecule has 2 rings (SSSR count). The van der Waals surface area contributed by atoms with Gasteiger partial charge < -0.3 is 15.5 Å². The Kier molecular flexibility index (Phi) is 4.60. The van der Waals surface area contributed by atoms with E-state index in [0.29, 0.717) is 18.3 Å². The zero-order chi connectivity index (χ0) is 14.7.